The molecule has 1 N–H and O–H groups in total. The quantitative estimate of drug-likeness (QED) is 0.693. The van der Waals surface area contributed by atoms with Crippen LogP contribution in [0.25, 0.3) is 0 Å². The zero-order valence-corrected chi connectivity index (χ0v) is 11.3. The topological polar surface area (TPSA) is 90.1 Å². The van der Waals surface area contributed by atoms with Gasteiger partial charge in [0.2, 0.25) is 5.69 Å². The van der Waals surface area contributed by atoms with Crippen LogP contribution in [0.2, 0.25) is 5.02 Å². The van der Waals surface area contributed by atoms with Gasteiger partial charge in [0.25, 0.3) is 5.91 Å². The highest BCUT2D eigenvalue weighted by Gasteiger charge is 2.26. The summed E-state index contributed by atoms with van der Waals surface area (Å²) in [6.45, 7) is 2.09. The number of aryl methyl sites for hydroxylation is 1. The Bertz CT molecular complexity index is 668. The first-order valence-electron chi connectivity index (χ1n) is 5.80. The van der Waals surface area contributed by atoms with E-state index in [4.69, 9.17) is 11.6 Å². The first kappa shape index (κ1) is 14.0. The number of rotatable bonds is 4. The van der Waals surface area contributed by atoms with Crippen molar-refractivity contribution >= 4 is 28.9 Å². The minimum Gasteiger partial charge on any atom is -0.319 e. The molecule has 0 aliphatic rings. The van der Waals surface area contributed by atoms with Crippen LogP contribution < -0.4 is 5.32 Å². The van der Waals surface area contributed by atoms with Crippen LogP contribution in [0.3, 0.4) is 0 Å². The molecular weight excluding hydrogens is 284 g/mol. The van der Waals surface area contributed by atoms with Gasteiger partial charge in [0.1, 0.15) is 6.20 Å². The van der Waals surface area contributed by atoms with Gasteiger partial charge in [-0.2, -0.15) is 5.10 Å². The minimum absolute atomic E-state index is 0.0996. The normalized spacial score (nSPS) is 10.3. The molecule has 8 heteroatoms. The van der Waals surface area contributed by atoms with Gasteiger partial charge in [-0.3, -0.25) is 19.6 Å². The molecule has 1 aromatic carbocycles. The Hall–Kier alpha value is -2.41. The zero-order valence-electron chi connectivity index (χ0n) is 10.5. The number of carbonyl (C=O) groups is 1. The molecule has 20 heavy (non-hydrogen) atoms. The van der Waals surface area contributed by atoms with Gasteiger partial charge < -0.3 is 5.32 Å². The summed E-state index contributed by atoms with van der Waals surface area (Å²) in [4.78, 5) is 22.5. The fourth-order valence-corrected chi connectivity index (χ4v) is 1.91. The number of carbonyl (C=O) groups excluding carboxylic acids is 1. The maximum absolute atomic E-state index is 12.2. The molecule has 1 heterocycles. The molecule has 0 aliphatic carbocycles. The highest BCUT2D eigenvalue weighted by atomic mass is 35.5. The van der Waals surface area contributed by atoms with Crippen LogP contribution in [0, 0.1) is 10.1 Å². The number of nitrogens with one attached hydrogen (secondary N) is 1. The lowest BCUT2D eigenvalue weighted by atomic mass is 10.3. The number of anilines is 1. The van der Waals surface area contributed by atoms with E-state index in [0.717, 1.165) is 6.20 Å². The maximum atomic E-state index is 12.2. The smallest absolute Gasteiger partial charge is 0.319 e. The van der Waals surface area contributed by atoms with E-state index in [0.29, 0.717) is 17.3 Å². The summed E-state index contributed by atoms with van der Waals surface area (Å²) in [5.41, 5.74) is -0.0499. The number of benzene rings is 1. The number of hydrogen-bond donors (Lipinski definition) is 1. The van der Waals surface area contributed by atoms with Gasteiger partial charge in [-0.05, 0) is 19.1 Å². The average molecular weight is 295 g/mol. The minimum atomic E-state index is -0.638. The molecule has 0 unspecified atom stereocenters. The Kier molecular flexibility index (Phi) is 3.99. The van der Waals surface area contributed by atoms with Gasteiger partial charge in [-0.25, -0.2) is 0 Å². The second kappa shape index (κ2) is 5.70. The van der Waals surface area contributed by atoms with Crippen molar-refractivity contribution in [2.45, 2.75) is 13.5 Å². The number of nitrogens with zero attached hydrogens (tertiary/aromatic N) is 3. The number of halogens is 1. The van der Waals surface area contributed by atoms with Crippen molar-refractivity contribution < 1.29 is 9.72 Å². The second-order valence-corrected chi connectivity index (χ2v) is 4.29. The van der Waals surface area contributed by atoms with Crippen LogP contribution in [0.5, 0.6) is 0 Å². The fraction of sp³-hybridized carbons (Fsp3) is 0.167. The van der Waals surface area contributed by atoms with Gasteiger partial charge in [0, 0.05) is 6.54 Å². The summed E-state index contributed by atoms with van der Waals surface area (Å²) in [5.74, 6) is -0.621. The first-order chi connectivity index (χ1) is 9.54. The van der Waals surface area contributed by atoms with Crippen molar-refractivity contribution in [1.29, 1.82) is 0 Å². The summed E-state index contributed by atoms with van der Waals surface area (Å²) >= 11 is 5.93. The summed E-state index contributed by atoms with van der Waals surface area (Å²) in [6, 6.07) is 6.64. The van der Waals surface area contributed by atoms with Crippen LogP contribution >= 0.6 is 11.6 Å². The zero-order chi connectivity index (χ0) is 14.7. The van der Waals surface area contributed by atoms with Crippen LogP contribution in [0.4, 0.5) is 11.4 Å². The number of amides is 1. The molecular formula is C12H11ClN4O3. The molecule has 104 valence electrons. The summed E-state index contributed by atoms with van der Waals surface area (Å²) < 4.78 is 1.27. The van der Waals surface area contributed by atoms with E-state index in [2.05, 4.69) is 10.4 Å². The number of aromatic nitrogens is 2. The van der Waals surface area contributed by atoms with E-state index >= 15 is 0 Å². The standard InChI is InChI=1S/C12H11ClN4O3/c1-2-16-11(10(7-14-16)17(19)20)12(18)15-9-6-4-3-5-8(9)13/h3-7H,2H2,1H3,(H,15,18). The van der Waals surface area contributed by atoms with Crippen molar-refractivity contribution in [3.8, 4) is 0 Å². The van der Waals surface area contributed by atoms with Crippen molar-refractivity contribution in [3.63, 3.8) is 0 Å². The Balaban J connectivity index is 2.36. The second-order valence-electron chi connectivity index (χ2n) is 3.89. The van der Waals surface area contributed by atoms with Crippen molar-refractivity contribution in [2.75, 3.05) is 5.32 Å². The molecule has 1 aromatic heterocycles. The maximum Gasteiger partial charge on any atom is 0.320 e. The van der Waals surface area contributed by atoms with E-state index in [1.165, 1.54) is 4.68 Å². The van der Waals surface area contributed by atoms with E-state index in [9.17, 15) is 14.9 Å². The molecule has 2 aromatic rings. The first-order valence-corrected chi connectivity index (χ1v) is 6.18. The molecule has 0 spiro atoms. The molecule has 0 saturated heterocycles. The van der Waals surface area contributed by atoms with Gasteiger partial charge in [-0.15, -0.1) is 0 Å². The summed E-state index contributed by atoms with van der Waals surface area (Å²) in [6.07, 6.45) is 1.06. The summed E-state index contributed by atoms with van der Waals surface area (Å²) in [7, 11) is 0. The molecule has 2 rings (SSSR count). The lowest BCUT2D eigenvalue weighted by Crippen LogP contribution is -2.18. The Morgan fingerprint density at radius 1 is 1.50 bits per heavy atom. The van der Waals surface area contributed by atoms with Gasteiger partial charge >= 0.3 is 5.69 Å². The molecule has 0 atom stereocenters. The molecule has 0 saturated carbocycles. The van der Waals surface area contributed by atoms with Crippen LogP contribution in [0.15, 0.2) is 30.5 Å². The van der Waals surface area contributed by atoms with E-state index in [1.807, 2.05) is 0 Å². The Morgan fingerprint density at radius 2 is 2.20 bits per heavy atom. The third-order valence-corrected chi connectivity index (χ3v) is 2.98. The van der Waals surface area contributed by atoms with Crippen LogP contribution in [-0.2, 0) is 6.54 Å². The molecule has 0 aliphatic heterocycles. The van der Waals surface area contributed by atoms with Crippen LogP contribution in [-0.4, -0.2) is 20.6 Å². The number of para-hydroxylation sites is 1. The number of hydrogen-bond acceptors (Lipinski definition) is 4. The Morgan fingerprint density at radius 3 is 2.80 bits per heavy atom. The molecule has 7 nitrogen and oxygen atoms in total. The van der Waals surface area contributed by atoms with Gasteiger partial charge in [-0.1, -0.05) is 23.7 Å². The van der Waals surface area contributed by atoms with E-state index in [-0.39, 0.29) is 11.4 Å². The lowest BCUT2D eigenvalue weighted by molar-refractivity contribution is -0.385. The van der Waals surface area contributed by atoms with E-state index < -0.39 is 10.8 Å². The highest BCUT2D eigenvalue weighted by Crippen LogP contribution is 2.23. The van der Waals surface area contributed by atoms with Crippen molar-refractivity contribution in [1.82, 2.24) is 9.78 Å². The largest absolute Gasteiger partial charge is 0.320 e. The molecule has 0 radical (unpaired) electrons. The third-order valence-electron chi connectivity index (χ3n) is 2.65. The molecule has 0 fully saturated rings. The van der Waals surface area contributed by atoms with Crippen molar-refractivity contribution in [3.05, 3.63) is 51.3 Å². The number of nitro groups is 1. The molecule has 1 amide bonds. The van der Waals surface area contributed by atoms with Gasteiger partial charge in [0.05, 0.1) is 15.6 Å². The lowest BCUT2D eigenvalue weighted by Gasteiger charge is -2.07. The molecule has 0 bridgehead atoms. The summed E-state index contributed by atoms with van der Waals surface area (Å²) in [5, 5.41) is 17.6. The van der Waals surface area contributed by atoms with Crippen LogP contribution in [0.1, 0.15) is 17.4 Å². The Labute approximate surface area is 119 Å². The predicted octanol–water partition coefficient (Wildman–Crippen LogP) is 2.72. The van der Waals surface area contributed by atoms with Crippen molar-refractivity contribution in [2.24, 2.45) is 0 Å². The average Bonchev–Trinajstić information content (AvgIpc) is 2.85. The fourth-order valence-electron chi connectivity index (χ4n) is 1.73. The third kappa shape index (κ3) is 2.62. The van der Waals surface area contributed by atoms with Gasteiger partial charge in [0.15, 0.2) is 0 Å². The van der Waals surface area contributed by atoms with E-state index in [1.54, 1.807) is 31.2 Å². The predicted molar refractivity (Wildman–Crippen MR) is 74.0 cm³/mol. The SMILES string of the molecule is CCn1ncc([N+](=O)[O-])c1C(=O)Nc1ccccc1Cl. The highest BCUT2D eigenvalue weighted by molar-refractivity contribution is 6.33. The monoisotopic (exact) mass is 294 g/mol.